The average molecular weight is 436 g/mol. The summed E-state index contributed by atoms with van der Waals surface area (Å²) < 4.78 is 73.1. The van der Waals surface area contributed by atoms with Crippen LogP contribution in [0.1, 0.15) is 23.3 Å². The van der Waals surface area contributed by atoms with Gasteiger partial charge in [-0.15, -0.1) is 0 Å². The Bertz CT molecular complexity index is 1300. The van der Waals surface area contributed by atoms with Crippen molar-refractivity contribution in [3.63, 3.8) is 0 Å². The Morgan fingerprint density at radius 1 is 1.03 bits per heavy atom. The molecule has 2 heterocycles. The minimum absolute atomic E-state index is 0.108. The highest BCUT2D eigenvalue weighted by Gasteiger charge is 2.38. The van der Waals surface area contributed by atoms with E-state index in [1.807, 2.05) is 0 Å². The van der Waals surface area contributed by atoms with Gasteiger partial charge in [-0.25, -0.2) is 17.4 Å². The number of rotatable bonds is 5. The van der Waals surface area contributed by atoms with Crippen LogP contribution in [-0.4, -0.2) is 22.5 Å². The molecule has 1 atom stereocenters. The smallest absolute Gasteiger partial charge is 0.417 e. The number of hydrogen-bond donors (Lipinski definition) is 1. The van der Waals surface area contributed by atoms with Crippen LogP contribution in [0, 0.1) is 0 Å². The van der Waals surface area contributed by atoms with Crippen LogP contribution < -0.4 is 0 Å². The minimum Gasteiger partial charge on any atom is -0.467 e. The molecule has 0 amide bonds. The largest absolute Gasteiger partial charge is 0.467 e. The quantitative estimate of drug-likeness (QED) is 0.508. The van der Waals surface area contributed by atoms with Crippen molar-refractivity contribution in [1.29, 1.82) is 0 Å². The Balaban J connectivity index is 1.92. The van der Waals surface area contributed by atoms with Gasteiger partial charge in [-0.2, -0.15) is 13.2 Å². The first kappa shape index (κ1) is 20.2. The molecule has 4 aromatic rings. The maximum Gasteiger partial charge on any atom is 0.417 e. The second-order valence-electron chi connectivity index (χ2n) is 6.52. The molecule has 0 radical (unpaired) electrons. The second-order valence-corrected chi connectivity index (χ2v) is 8.27. The molecule has 2 aromatic carbocycles. The third-order valence-corrected chi connectivity index (χ3v) is 6.34. The Morgan fingerprint density at radius 2 is 1.73 bits per heavy atom. The van der Waals surface area contributed by atoms with Crippen molar-refractivity contribution in [2.75, 3.05) is 0 Å². The SMILES string of the molecule is O=S(=O)(c1ccccc1C(F)(F)F)n1c(CC(O)c2ccco2)nc2ccccc21. The lowest BCUT2D eigenvalue weighted by molar-refractivity contribution is -0.139. The van der Waals surface area contributed by atoms with E-state index in [-0.39, 0.29) is 29.0 Å². The van der Waals surface area contributed by atoms with Crippen molar-refractivity contribution in [2.24, 2.45) is 0 Å². The van der Waals surface area contributed by atoms with Gasteiger partial charge in [0, 0.05) is 6.42 Å². The monoisotopic (exact) mass is 436 g/mol. The van der Waals surface area contributed by atoms with Gasteiger partial charge in [0.25, 0.3) is 10.0 Å². The molecule has 1 N–H and O–H groups in total. The molecule has 0 aliphatic heterocycles. The standard InChI is InChI=1S/C20H15F3N2O4S/c21-20(22,23)13-6-1-4-10-18(13)30(27,28)25-15-8-3-2-7-14(15)24-19(25)12-16(26)17-9-5-11-29-17/h1-11,16,26H,12H2. The van der Waals surface area contributed by atoms with E-state index in [0.29, 0.717) is 6.07 Å². The third-order valence-electron chi connectivity index (χ3n) is 4.54. The van der Waals surface area contributed by atoms with E-state index in [4.69, 9.17) is 4.42 Å². The van der Waals surface area contributed by atoms with Crippen molar-refractivity contribution < 1.29 is 31.1 Å². The zero-order valence-electron chi connectivity index (χ0n) is 15.2. The van der Waals surface area contributed by atoms with Crippen LogP contribution in [0.4, 0.5) is 13.2 Å². The number of aliphatic hydroxyl groups excluding tert-OH is 1. The van der Waals surface area contributed by atoms with Gasteiger partial charge in [-0.1, -0.05) is 24.3 Å². The van der Waals surface area contributed by atoms with Gasteiger partial charge in [0.1, 0.15) is 22.6 Å². The number of aliphatic hydroxyl groups is 1. The Labute approximate surface area is 169 Å². The number of imidazole rings is 1. The molecule has 1 unspecified atom stereocenters. The molecular formula is C20H15F3N2O4S. The van der Waals surface area contributed by atoms with Crippen molar-refractivity contribution in [2.45, 2.75) is 23.6 Å². The van der Waals surface area contributed by atoms with E-state index < -0.39 is 32.8 Å². The van der Waals surface area contributed by atoms with Crippen molar-refractivity contribution >= 4 is 21.1 Å². The van der Waals surface area contributed by atoms with Crippen LogP contribution in [0.5, 0.6) is 0 Å². The number of alkyl halides is 3. The predicted molar refractivity (Wildman–Crippen MR) is 101 cm³/mol. The summed E-state index contributed by atoms with van der Waals surface area (Å²) in [5.41, 5.74) is -0.899. The number of para-hydroxylation sites is 2. The molecule has 30 heavy (non-hydrogen) atoms. The van der Waals surface area contributed by atoms with Crippen LogP contribution in [0.2, 0.25) is 0 Å². The van der Waals surface area contributed by atoms with Crippen molar-refractivity contribution in [3.8, 4) is 0 Å². The van der Waals surface area contributed by atoms with Crippen molar-refractivity contribution in [1.82, 2.24) is 8.96 Å². The summed E-state index contributed by atoms with van der Waals surface area (Å²) in [4.78, 5) is 3.35. The summed E-state index contributed by atoms with van der Waals surface area (Å²) in [7, 11) is -4.69. The Morgan fingerprint density at radius 3 is 2.43 bits per heavy atom. The fourth-order valence-electron chi connectivity index (χ4n) is 3.23. The molecular weight excluding hydrogens is 421 g/mol. The summed E-state index contributed by atoms with van der Waals surface area (Å²) in [5, 5.41) is 10.4. The fourth-order valence-corrected chi connectivity index (χ4v) is 4.94. The molecule has 0 aliphatic carbocycles. The van der Waals surface area contributed by atoms with Gasteiger partial charge >= 0.3 is 6.18 Å². The molecule has 4 rings (SSSR count). The topological polar surface area (TPSA) is 85.3 Å². The summed E-state index contributed by atoms with van der Waals surface area (Å²) in [5.74, 6) is 0.0683. The average Bonchev–Trinajstić information content (AvgIpc) is 3.35. The van der Waals surface area contributed by atoms with Crippen LogP contribution in [0.15, 0.2) is 76.2 Å². The first-order valence-electron chi connectivity index (χ1n) is 8.79. The van der Waals surface area contributed by atoms with Gasteiger partial charge < -0.3 is 9.52 Å². The highest BCUT2D eigenvalue weighted by Crippen LogP contribution is 2.36. The lowest BCUT2D eigenvalue weighted by Crippen LogP contribution is -2.21. The van der Waals surface area contributed by atoms with Crippen LogP contribution in [0.25, 0.3) is 11.0 Å². The Hall–Kier alpha value is -3.11. The molecule has 156 valence electrons. The van der Waals surface area contributed by atoms with E-state index >= 15 is 0 Å². The lowest BCUT2D eigenvalue weighted by atomic mass is 10.2. The molecule has 10 heteroatoms. The number of hydrogen-bond acceptors (Lipinski definition) is 5. The van der Waals surface area contributed by atoms with Gasteiger partial charge in [-0.05, 0) is 36.4 Å². The van der Waals surface area contributed by atoms with Crippen LogP contribution in [-0.2, 0) is 22.6 Å². The normalized spacial score (nSPS) is 13.6. The zero-order chi connectivity index (χ0) is 21.5. The summed E-state index contributed by atoms with van der Waals surface area (Å²) in [6.07, 6.45) is -5.04. The predicted octanol–water partition coefficient (Wildman–Crippen LogP) is 4.16. The molecule has 0 aliphatic rings. The van der Waals surface area contributed by atoms with E-state index in [0.717, 1.165) is 16.1 Å². The Kier molecular flexibility index (Phi) is 4.91. The molecule has 0 bridgehead atoms. The highest BCUT2D eigenvalue weighted by molar-refractivity contribution is 7.90. The maximum atomic E-state index is 13.5. The molecule has 0 fully saturated rings. The molecule has 2 aromatic heterocycles. The third kappa shape index (κ3) is 3.48. The number of furan rings is 1. The number of aromatic nitrogens is 2. The lowest BCUT2D eigenvalue weighted by Gasteiger charge is -2.16. The van der Waals surface area contributed by atoms with Gasteiger partial charge in [0.05, 0.1) is 22.9 Å². The fraction of sp³-hybridized carbons (Fsp3) is 0.150. The maximum absolute atomic E-state index is 13.5. The number of fused-ring (bicyclic) bond motifs is 1. The second kappa shape index (κ2) is 7.29. The number of benzene rings is 2. The van der Waals surface area contributed by atoms with Crippen LogP contribution >= 0.6 is 0 Å². The summed E-state index contributed by atoms with van der Waals surface area (Å²) >= 11 is 0. The number of nitrogens with zero attached hydrogens (tertiary/aromatic N) is 2. The van der Waals surface area contributed by atoms with E-state index in [2.05, 4.69) is 4.98 Å². The number of halogens is 3. The summed E-state index contributed by atoms with van der Waals surface area (Å²) in [6.45, 7) is 0. The van der Waals surface area contributed by atoms with E-state index in [1.165, 1.54) is 24.5 Å². The molecule has 0 spiro atoms. The van der Waals surface area contributed by atoms with Crippen molar-refractivity contribution in [3.05, 3.63) is 84.1 Å². The van der Waals surface area contributed by atoms with Crippen LogP contribution in [0.3, 0.4) is 0 Å². The minimum atomic E-state index is -4.87. The van der Waals surface area contributed by atoms with E-state index in [1.54, 1.807) is 24.3 Å². The first-order valence-corrected chi connectivity index (χ1v) is 10.2. The van der Waals surface area contributed by atoms with Gasteiger partial charge in [-0.3, -0.25) is 0 Å². The molecule has 0 saturated heterocycles. The first-order chi connectivity index (χ1) is 14.2. The van der Waals surface area contributed by atoms with E-state index in [9.17, 15) is 26.7 Å². The summed E-state index contributed by atoms with van der Waals surface area (Å²) in [6, 6.07) is 13.2. The van der Waals surface area contributed by atoms with Gasteiger partial charge in [0.2, 0.25) is 0 Å². The molecule has 6 nitrogen and oxygen atoms in total. The highest BCUT2D eigenvalue weighted by atomic mass is 32.2. The van der Waals surface area contributed by atoms with Gasteiger partial charge in [0.15, 0.2) is 0 Å². The molecule has 0 saturated carbocycles. The zero-order valence-corrected chi connectivity index (χ0v) is 16.1.